The highest BCUT2D eigenvalue weighted by atomic mass is 32.2. The monoisotopic (exact) mass is 231 g/mol. The van der Waals surface area contributed by atoms with Gasteiger partial charge in [-0.05, 0) is 24.1 Å². The van der Waals surface area contributed by atoms with E-state index in [2.05, 4.69) is 6.07 Å². The van der Waals surface area contributed by atoms with Crippen LogP contribution in [0, 0.1) is 11.3 Å². The molecule has 0 unspecified atom stereocenters. The smallest absolute Gasteiger partial charge is 0.185 e. The number of carbonyl (C=O) groups excluding carboxylic acids is 1. The van der Waals surface area contributed by atoms with Crippen LogP contribution in [0.2, 0.25) is 0 Å². The summed E-state index contributed by atoms with van der Waals surface area (Å²) in [5.74, 6) is 0.809. The van der Waals surface area contributed by atoms with Crippen molar-refractivity contribution in [2.45, 2.75) is 13.3 Å². The van der Waals surface area contributed by atoms with E-state index < -0.39 is 0 Å². The lowest BCUT2D eigenvalue weighted by Crippen LogP contribution is -1.83. The Bertz CT molecular complexity index is 432. The summed E-state index contributed by atoms with van der Waals surface area (Å²) in [5.41, 5.74) is 1.69. The number of nitriles is 1. The van der Waals surface area contributed by atoms with E-state index in [1.165, 1.54) is 11.8 Å². The predicted octanol–water partition coefficient (Wildman–Crippen LogP) is 3.24. The number of rotatable bonds is 4. The van der Waals surface area contributed by atoms with Crippen LogP contribution < -0.4 is 0 Å². The summed E-state index contributed by atoms with van der Waals surface area (Å²) in [4.78, 5) is 10.7. The molecule has 1 aromatic carbocycles. The zero-order valence-corrected chi connectivity index (χ0v) is 9.96. The van der Waals surface area contributed by atoms with E-state index in [0.717, 1.165) is 17.7 Å². The molecule has 0 aliphatic rings. The molecule has 0 saturated carbocycles. The molecule has 0 bridgehead atoms. The van der Waals surface area contributed by atoms with E-state index in [0.29, 0.717) is 5.56 Å². The van der Waals surface area contributed by atoms with Gasteiger partial charge in [0, 0.05) is 12.7 Å². The summed E-state index contributed by atoms with van der Waals surface area (Å²) < 4.78 is 0. The molecule has 0 aromatic heterocycles. The van der Waals surface area contributed by atoms with Crippen LogP contribution in [0.25, 0.3) is 6.08 Å². The Labute approximate surface area is 100.0 Å². The normalized spacial score (nSPS) is 10.2. The van der Waals surface area contributed by atoms with Gasteiger partial charge in [-0.15, -0.1) is 0 Å². The van der Waals surface area contributed by atoms with Crippen molar-refractivity contribution in [2.24, 2.45) is 0 Å². The quantitative estimate of drug-likeness (QED) is 0.747. The summed E-state index contributed by atoms with van der Waals surface area (Å²) >= 11 is 1.33. The minimum absolute atomic E-state index is 0.153. The number of allylic oxidation sites excluding steroid dienone is 1. The van der Waals surface area contributed by atoms with Gasteiger partial charge in [0.05, 0.1) is 11.6 Å². The highest BCUT2D eigenvalue weighted by molar-refractivity contribution is 8.13. The highest BCUT2D eigenvalue weighted by Gasteiger charge is 1.92. The molecule has 16 heavy (non-hydrogen) atoms. The lowest BCUT2D eigenvalue weighted by molar-refractivity contribution is -0.109. The molecule has 3 heteroatoms. The molecule has 0 fully saturated rings. The summed E-state index contributed by atoms with van der Waals surface area (Å²) in [6.07, 6.45) is 4.86. The number of hydrogen-bond acceptors (Lipinski definition) is 3. The van der Waals surface area contributed by atoms with Crippen molar-refractivity contribution in [1.82, 2.24) is 0 Å². The van der Waals surface area contributed by atoms with Gasteiger partial charge in [0.15, 0.2) is 5.12 Å². The second kappa shape index (κ2) is 6.86. The van der Waals surface area contributed by atoms with Crippen LogP contribution in [0.15, 0.2) is 30.3 Å². The van der Waals surface area contributed by atoms with Gasteiger partial charge in [-0.25, -0.2) is 0 Å². The zero-order valence-electron chi connectivity index (χ0n) is 9.14. The van der Waals surface area contributed by atoms with Gasteiger partial charge in [-0.1, -0.05) is 36.0 Å². The first kappa shape index (κ1) is 12.5. The van der Waals surface area contributed by atoms with Gasteiger partial charge >= 0.3 is 0 Å². The molecule has 0 spiro atoms. The molecule has 1 rings (SSSR count). The molecule has 0 atom stereocenters. The number of thioether (sulfide) groups is 1. The fraction of sp³-hybridized carbons (Fsp3) is 0.231. The minimum atomic E-state index is 0.153. The Morgan fingerprint density at radius 1 is 1.56 bits per heavy atom. The Morgan fingerprint density at radius 3 is 3.06 bits per heavy atom. The Hall–Kier alpha value is -1.53. The zero-order chi connectivity index (χ0) is 11.8. The molecular weight excluding hydrogens is 218 g/mol. The van der Waals surface area contributed by atoms with E-state index >= 15 is 0 Å². The topological polar surface area (TPSA) is 40.9 Å². The average molecular weight is 231 g/mol. The molecule has 0 amide bonds. The van der Waals surface area contributed by atoms with Crippen LogP contribution in [0.3, 0.4) is 0 Å². The highest BCUT2D eigenvalue weighted by Crippen LogP contribution is 2.08. The van der Waals surface area contributed by atoms with E-state index in [9.17, 15) is 4.79 Å². The van der Waals surface area contributed by atoms with Crippen LogP contribution >= 0.6 is 11.8 Å². The van der Waals surface area contributed by atoms with Crippen molar-refractivity contribution in [3.63, 3.8) is 0 Å². The minimum Gasteiger partial charge on any atom is -0.288 e. The fourth-order valence-corrected chi connectivity index (χ4v) is 1.74. The first-order valence-electron chi connectivity index (χ1n) is 5.02. The molecule has 0 aliphatic carbocycles. The summed E-state index contributed by atoms with van der Waals surface area (Å²) in [6, 6.07) is 9.54. The second-order valence-electron chi connectivity index (χ2n) is 3.27. The van der Waals surface area contributed by atoms with E-state index in [4.69, 9.17) is 5.26 Å². The van der Waals surface area contributed by atoms with Crippen LogP contribution in [0.1, 0.15) is 24.5 Å². The molecule has 0 heterocycles. The Balaban J connectivity index is 2.44. The third-order valence-corrected chi connectivity index (χ3v) is 2.76. The Morgan fingerprint density at radius 2 is 2.38 bits per heavy atom. The van der Waals surface area contributed by atoms with Gasteiger partial charge in [-0.3, -0.25) is 4.79 Å². The molecule has 82 valence electrons. The van der Waals surface area contributed by atoms with E-state index in [1.807, 2.05) is 30.4 Å². The number of carbonyl (C=O) groups is 1. The largest absolute Gasteiger partial charge is 0.288 e. The first-order chi connectivity index (χ1) is 7.72. The third-order valence-electron chi connectivity index (χ3n) is 1.92. The number of hydrogen-bond donors (Lipinski definition) is 0. The van der Waals surface area contributed by atoms with Crippen molar-refractivity contribution in [1.29, 1.82) is 5.26 Å². The van der Waals surface area contributed by atoms with Crippen molar-refractivity contribution in [2.75, 3.05) is 5.75 Å². The number of nitrogens with zero attached hydrogens (tertiary/aromatic N) is 1. The fourth-order valence-electron chi connectivity index (χ4n) is 1.20. The summed E-state index contributed by atoms with van der Waals surface area (Å²) in [5, 5.41) is 8.87. The molecule has 0 saturated heterocycles. The van der Waals surface area contributed by atoms with Crippen molar-refractivity contribution >= 4 is 23.0 Å². The van der Waals surface area contributed by atoms with Crippen molar-refractivity contribution < 1.29 is 4.79 Å². The van der Waals surface area contributed by atoms with E-state index in [1.54, 1.807) is 13.0 Å². The maximum absolute atomic E-state index is 10.7. The van der Waals surface area contributed by atoms with Crippen LogP contribution in [-0.2, 0) is 4.79 Å². The van der Waals surface area contributed by atoms with Crippen molar-refractivity contribution in [3.05, 3.63) is 41.5 Å². The van der Waals surface area contributed by atoms with Gasteiger partial charge in [0.25, 0.3) is 0 Å². The predicted molar refractivity (Wildman–Crippen MR) is 67.9 cm³/mol. The SMILES string of the molecule is CC(=O)SCCC=Cc1cccc(C#N)c1. The van der Waals surface area contributed by atoms with Gasteiger partial charge in [0.1, 0.15) is 0 Å². The maximum Gasteiger partial charge on any atom is 0.185 e. The number of benzene rings is 1. The lowest BCUT2D eigenvalue weighted by atomic mass is 10.1. The molecule has 2 nitrogen and oxygen atoms in total. The summed E-state index contributed by atoms with van der Waals surface area (Å²) in [6.45, 7) is 1.57. The Kier molecular flexibility index (Phi) is 5.38. The maximum atomic E-state index is 10.7. The van der Waals surface area contributed by atoms with Crippen molar-refractivity contribution in [3.8, 4) is 6.07 Å². The van der Waals surface area contributed by atoms with E-state index in [-0.39, 0.29) is 5.12 Å². The van der Waals surface area contributed by atoms with Gasteiger partial charge in [0.2, 0.25) is 0 Å². The second-order valence-corrected chi connectivity index (χ2v) is 4.54. The molecule has 0 radical (unpaired) electrons. The van der Waals surface area contributed by atoms with Gasteiger partial charge in [-0.2, -0.15) is 5.26 Å². The summed E-state index contributed by atoms with van der Waals surface area (Å²) in [7, 11) is 0. The third kappa shape index (κ3) is 4.81. The molecule has 0 aliphatic heterocycles. The van der Waals surface area contributed by atoms with Crippen LogP contribution in [0.4, 0.5) is 0 Å². The first-order valence-corrected chi connectivity index (χ1v) is 6.01. The average Bonchev–Trinajstić information content (AvgIpc) is 2.28. The molecule has 1 aromatic rings. The van der Waals surface area contributed by atoms with Gasteiger partial charge < -0.3 is 0 Å². The van der Waals surface area contributed by atoms with Crippen LogP contribution in [-0.4, -0.2) is 10.9 Å². The van der Waals surface area contributed by atoms with Crippen LogP contribution in [0.5, 0.6) is 0 Å². The standard InChI is InChI=1S/C13H13NOS/c1-11(15)16-8-3-2-5-12-6-4-7-13(9-12)10-14/h2,4-7,9H,3,8H2,1H3. The lowest BCUT2D eigenvalue weighted by Gasteiger charge is -1.94. The molecular formula is C13H13NOS. The molecule has 0 N–H and O–H groups in total.